The summed E-state index contributed by atoms with van der Waals surface area (Å²) in [5.41, 5.74) is 2.20. The molecule has 3 N–H and O–H groups in total. The summed E-state index contributed by atoms with van der Waals surface area (Å²) in [6, 6.07) is 13.7. The van der Waals surface area contributed by atoms with E-state index in [0.29, 0.717) is 37.4 Å². The summed E-state index contributed by atoms with van der Waals surface area (Å²) in [5.74, 6) is 0.574. The van der Waals surface area contributed by atoms with E-state index in [1.165, 1.54) is 0 Å². The van der Waals surface area contributed by atoms with E-state index in [0.717, 1.165) is 11.1 Å². The van der Waals surface area contributed by atoms with Crippen LogP contribution in [-0.4, -0.2) is 46.8 Å². The van der Waals surface area contributed by atoms with Gasteiger partial charge < -0.3 is 25.4 Å². The highest BCUT2D eigenvalue weighted by molar-refractivity contribution is 5.94. The number of hydrogen-bond donors (Lipinski definition) is 3. The molecule has 5 heterocycles. The van der Waals surface area contributed by atoms with Gasteiger partial charge in [0, 0.05) is 25.2 Å². The molecule has 0 atom stereocenters. The fraction of sp³-hybridized carbons (Fsp3) is 0.304. The fourth-order valence-electron chi connectivity index (χ4n) is 3.13. The van der Waals surface area contributed by atoms with E-state index in [-0.39, 0.29) is 24.3 Å². The summed E-state index contributed by atoms with van der Waals surface area (Å²) in [4.78, 5) is 24.4. The second kappa shape index (κ2) is 10.9. The molecule has 35 heavy (non-hydrogen) atoms. The molecule has 9 nitrogen and oxygen atoms in total. The fourth-order valence-corrected chi connectivity index (χ4v) is 3.13. The lowest BCUT2D eigenvalue weighted by Gasteiger charge is -2.12. The first-order chi connectivity index (χ1) is 16.8. The lowest BCUT2D eigenvalue weighted by molar-refractivity contribution is -0.154. The number of nitrogens with zero attached hydrogens (tertiary/aromatic N) is 3. The Hall–Kier alpha value is -4.09. The average molecular weight is 488 g/mol. The molecule has 3 aromatic rings. The molecule has 0 fully saturated rings. The lowest BCUT2D eigenvalue weighted by Crippen LogP contribution is -2.25. The number of amides is 1. The number of anilines is 2. The summed E-state index contributed by atoms with van der Waals surface area (Å²) in [6.07, 6.45) is -3.89. The molecule has 0 spiro atoms. The largest absolute Gasteiger partial charge is 0.494 e. The second-order valence-electron chi connectivity index (χ2n) is 7.67. The number of hydrogen-bond acceptors (Lipinski definition) is 8. The van der Waals surface area contributed by atoms with Crippen LogP contribution in [-0.2, 0) is 13.1 Å². The highest BCUT2D eigenvalue weighted by Crippen LogP contribution is 2.19. The Labute approximate surface area is 199 Å². The summed E-state index contributed by atoms with van der Waals surface area (Å²) >= 11 is 0. The maximum atomic E-state index is 12.6. The number of alkyl halides is 3. The van der Waals surface area contributed by atoms with Crippen LogP contribution in [0.3, 0.4) is 0 Å². The van der Waals surface area contributed by atoms with Gasteiger partial charge in [0.25, 0.3) is 5.91 Å². The minimum absolute atomic E-state index is 0.0381. The molecule has 0 saturated carbocycles. The van der Waals surface area contributed by atoms with Gasteiger partial charge in [0.1, 0.15) is 5.75 Å². The number of halogens is 3. The molecule has 1 aromatic heterocycles. The highest BCUT2D eigenvalue weighted by atomic mass is 19.4. The topological polar surface area (TPSA) is 110 Å². The van der Waals surface area contributed by atoms with Gasteiger partial charge in [-0.1, -0.05) is 24.3 Å². The van der Waals surface area contributed by atoms with Crippen molar-refractivity contribution in [3.05, 3.63) is 65.2 Å². The van der Waals surface area contributed by atoms with Crippen molar-refractivity contribution < 1.29 is 27.4 Å². The van der Waals surface area contributed by atoms with E-state index in [1.54, 1.807) is 36.4 Å². The summed E-state index contributed by atoms with van der Waals surface area (Å²) < 4.78 is 48.3. The molecular weight excluding hydrogens is 465 g/mol. The third-order valence-electron chi connectivity index (χ3n) is 4.90. The maximum Gasteiger partial charge on any atom is 0.422 e. The zero-order valence-electron chi connectivity index (χ0n) is 18.6. The van der Waals surface area contributed by atoms with E-state index >= 15 is 0 Å². The summed E-state index contributed by atoms with van der Waals surface area (Å²) in [6.45, 7) is -0.0284. The predicted molar refractivity (Wildman–Crippen MR) is 121 cm³/mol. The van der Waals surface area contributed by atoms with Crippen molar-refractivity contribution in [1.29, 1.82) is 0 Å². The van der Waals surface area contributed by atoms with Crippen LogP contribution in [0.1, 0.15) is 27.9 Å². The van der Waals surface area contributed by atoms with E-state index < -0.39 is 18.8 Å². The molecule has 1 amide bonds. The van der Waals surface area contributed by atoms with Crippen LogP contribution in [0.2, 0.25) is 0 Å². The number of carbonyl (C=O) groups excluding carboxylic acids is 1. The van der Waals surface area contributed by atoms with Gasteiger partial charge in [-0.25, -0.2) is 0 Å². The highest BCUT2D eigenvalue weighted by Gasteiger charge is 2.29. The van der Waals surface area contributed by atoms with Crippen molar-refractivity contribution in [3.63, 3.8) is 0 Å². The SMILES string of the molecule is O=C1NCCCOc2ccc(cc2)CNc2nc(nc(OCC(F)(F)F)n2)NCc2ccc1cc2. The minimum atomic E-state index is -4.53. The Bertz CT molecular complexity index is 1140. The maximum absolute atomic E-state index is 12.6. The molecule has 6 bridgehead atoms. The van der Waals surface area contributed by atoms with Gasteiger partial charge in [0.05, 0.1) is 6.61 Å². The number of benzene rings is 2. The molecule has 4 aliphatic rings. The molecule has 0 saturated heterocycles. The van der Waals surface area contributed by atoms with Gasteiger partial charge in [-0.3, -0.25) is 4.79 Å². The summed E-state index contributed by atoms with van der Waals surface area (Å²) in [5, 5.41) is 8.79. The van der Waals surface area contributed by atoms with Crippen LogP contribution in [0, 0.1) is 0 Å². The molecule has 2 aromatic carbocycles. The zero-order valence-corrected chi connectivity index (χ0v) is 18.6. The van der Waals surface area contributed by atoms with E-state index in [4.69, 9.17) is 9.47 Å². The van der Waals surface area contributed by atoms with Crippen molar-refractivity contribution in [2.45, 2.75) is 25.7 Å². The van der Waals surface area contributed by atoms with Gasteiger partial charge in [-0.15, -0.1) is 0 Å². The summed E-state index contributed by atoms with van der Waals surface area (Å²) in [7, 11) is 0. The predicted octanol–water partition coefficient (Wildman–Crippen LogP) is 3.55. The molecule has 0 radical (unpaired) electrons. The van der Waals surface area contributed by atoms with Crippen LogP contribution in [0.15, 0.2) is 48.5 Å². The third kappa shape index (κ3) is 7.45. The van der Waals surface area contributed by atoms with Crippen molar-refractivity contribution >= 4 is 17.8 Å². The Kier molecular flexibility index (Phi) is 7.48. The van der Waals surface area contributed by atoms with Crippen molar-refractivity contribution in [1.82, 2.24) is 20.3 Å². The van der Waals surface area contributed by atoms with Crippen LogP contribution >= 0.6 is 0 Å². The number of ether oxygens (including phenoxy) is 2. The first kappa shape index (κ1) is 24.0. The first-order valence-electron chi connectivity index (χ1n) is 10.9. The zero-order chi connectivity index (χ0) is 24.7. The normalized spacial score (nSPS) is 14.7. The van der Waals surface area contributed by atoms with Crippen molar-refractivity contribution in [2.75, 3.05) is 30.4 Å². The van der Waals surface area contributed by atoms with E-state index in [2.05, 4.69) is 30.9 Å². The lowest BCUT2D eigenvalue weighted by atomic mass is 10.1. The Morgan fingerprint density at radius 3 is 2.06 bits per heavy atom. The molecule has 0 aliphatic carbocycles. The van der Waals surface area contributed by atoms with Gasteiger partial charge in [-0.05, 0) is 41.8 Å². The molecule has 0 unspecified atom stereocenters. The number of carbonyl (C=O) groups is 1. The van der Waals surface area contributed by atoms with Crippen LogP contribution in [0.5, 0.6) is 11.8 Å². The minimum Gasteiger partial charge on any atom is -0.494 e. The van der Waals surface area contributed by atoms with Gasteiger partial charge in [-0.2, -0.15) is 28.1 Å². The van der Waals surface area contributed by atoms with Crippen LogP contribution in [0.25, 0.3) is 0 Å². The van der Waals surface area contributed by atoms with E-state index in [1.807, 2.05) is 12.1 Å². The van der Waals surface area contributed by atoms with Crippen molar-refractivity contribution in [3.8, 4) is 11.8 Å². The Morgan fingerprint density at radius 2 is 1.46 bits per heavy atom. The second-order valence-corrected chi connectivity index (χ2v) is 7.67. The third-order valence-corrected chi connectivity index (χ3v) is 4.90. The smallest absolute Gasteiger partial charge is 0.422 e. The standard InChI is InChI=1S/C23H23F3N6O3/c24-23(25,26)14-35-22-31-20-28-12-15-2-6-17(7-3-15)19(33)27-10-1-11-34-18-8-4-16(5-9-18)13-29-21(30-20)32-22/h2-9H,1,10-14H2,(H,27,33)(H2,28,29,30,31,32). The monoisotopic (exact) mass is 488 g/mol. The molecule has 12 heteroatoms. The Balaban J connectivity index is 1.56. The molecular formula is C23H23F3N6O3. The molecule has 7 rings (SSSR count). The van der Waals surface area contributed by atoms with Crippen LogP contribution < -0.4 is 25.4 Å². The Morgan fingerprint density at radius 1 is 0.857 bits per heavy atom. The number of aromatic nitrogens is 3. The van der Waals surface area contributed by atoms with Gasteiger partial charge in [0.2, 0.25) is 11.9 Å². The van der Waals surface area contributed by atoms with Gasteiger partial charge >= 0.3 is 12.2 Å². The quantitative estimate of drug-likeness (QED) is 0.503. The first-order valence-corrected chi connectivity index (χ1v) is 10.9. The van der Waals surface area contributed by atoms with E-state index in [9.17, 15) is 18.0 Å². The van der Waals surface area contributed by atoms with Crippen LogP contribution in [0.4, 0.5) is 25.1 Å². The van der Waals surface area contributed by atoms with Gasteiger partial charge in [0.15, 0.2) is 6.61 Å². The average Bonchev–Trinajstić information content (AvgIpc) is 2.85. The molecule has 4 aliphatic heterocycles. The van der Waals surface area contributed by atoms with Crippen molar-refractivity contribution in [2.24, 2.45) is 0 Å². The number of nitrogens with one attached hydrogen (secondary N) is 3. The molecule has 184 valence electrons. The number of rotatable bonds is 2.